The number of alkyl halides is 4. The minimum atomic E-state index is -4.41. The number of rotatable bonds is 2. The summed E-state index contributed by atoms with van der Waals surface area (Å²) in [6, 6.07) is 4.61. The van der Waals surface area contributed by atoms with Gasteiger partial charge in [0.2, 0.25) is 0 Å². The SMILES string of the molecule is CC(c1ccc(C(F)(F)F)cc1)C1(F)CCN(C(=O)OC(C)(C)C)CC1. The van der Waals surface area contributed by atoms with E-state index in [1.807, 2.05) is 0 Å². The minimum Gasteiger partial charge on any atom is -0.444 e. The summed E-state index contributed by atoms with van der Waals surface area (Å²) >= 11 is 0. The van der Waals surface area contributed by atoms with Crippen molar-refractivity contribution in [1.29, 1.82) is 0 Å². The van der Waals surface area contributed by atoms with Crippen molar-refractivity contribution in [3.8, 4) is 0 Å². The van der Waals surface area contributed by atoms with Crippen LogP contribution in [0.15, 0.2) is 24.3 Å². The Morgan fingerprint density at radius 1 is 1.12 bits per heavy atom. The van der Waals surface area contributed by atoms with Crippen LogP contribution in [0.1, 0.15) is 57.6 Å². The molecule has 0 saturated carbocycles. The zero-order valence-electron chi connectivity index (χ0n) is 15.5. The molecular formula is C19H25F4NO2. The summed E-state index contributed by atoms with van der Waals surface area (Å²) in [6.45, 7) is 7.40. The fourth-order valence-electron chi connectivity index (χ4n) is 3.08. The van der Waals surface area contributed by atoms with Gasteiger partial charge in [-0.15, -0.1) is 0 Å². The van der Waals surface area contributed by atoms with Gasteiger partial charge in [0, 0.05) is 19.0 Å². The highest BCUT2D eigenvalue weighted by atomic mass is 19.4. The van der Waals surface area contributed by atoms with E-state index < -0.39 is 35.0 Å². The maximum atomic E-state index is 15.4. The quantitative estimate of drug-likeness (QED) is 0.635. The number of carbonyl (C=O) groups is 1. The molecule has 1 aliphatic heterocycles. The molecule has 2 rings (SSSR count). The second-order valence-corrected chi connectivity index (χ2v) is 7.84. The van der Waals surface area contributed by atoms with Crippen LogP contribution < -0.4 is 0 Å². The van der Waals surface area contributed by atoms with Crippen LogP contribution in [0, 0.1) is 0 Å². The molecule has 1 atom stereocenters. The highest BCUT2D eigenvalue weighted by Gasteiger charge is 2.42. The van der Waals surface area contributed by atoms with E-state index in [4.69, 9.17) is 4.74 Å². The standard InChI is InChI=1S/C19H25F4NO2/c1-13(14-5-7-15(8-6-14)19(21,22)23)18(20)9-11-24(12-10-18)16(25)26-17(2,3)4/h5-8,13H,9-12H2,1-4H3. The first-order valence-electron chi connectivity index (χ1n) is 8.66. The lowest BCUT2D eigenvalue weighted by Gasteiger charge is -2.40. The van der Waals surface area contributed by atoms with E-state index >= 15 is 4.39 Å². The molecule has 3 nitrogen and oxygen atoms in total. The van der Waals surface area contributed by atoms with Crippen LogP contribution in [-0.2, 0) is 10.9 Å². The summed E-state index contributed by atoms with van der Waals surface area (Å²) in [5, 5.41) is 0. The monoisotopic (exact) mass is 375 g/mol. The van der Waals surface area contributed by atoms with Crippen molar-refractivity contribution < 1.29 is 27.1 Å². The molecule has 0 bridgehead atoms. The normalized spacial score (nSPS) is 19.2. The zero-order valence-corrected chi connectivity index (χ0v) is 15.5. The first kappa shape index (κ1) is 20.5. The van der Waals surface area contributed by atoms with Gasteiger partial charge in [-0.3, -0.25) is 0 Å². The smallest absolute Gasteiger partial charge is 0.416 e. The molecule has 1 aliphatic rings. The predicted molar refractivity (Wildman–Crippen MR) is 90.7 cm³/mol. The third kappa shape index (κ3) is 4.89. The number of benzene rings is 1. The van der Waals surface area contributed by atoms with Crippen LogP contribution >= 0.6 is 0 Å². The number of nitrogens with zero attached hydrogens (tertiary/aromatic N) is 1. The predicted octanol–water partition coefficient (Wildman–Crippen LogP) is 5.55. The Bertz CT molecular complexity index is 626. The van der Waals surface area contributed by atoms with Crippen molar-refractivity contribution in [2.75, 3.05) is 13.1 Å². The highest BCUT2D eigenvalue weighted by Crippen LogP contribution is 2.41. The fourth-order valence-corrected chi connectivity index (χ4v) is 3.08. The van der Waals surface area contributed by atoms with E-state index in [0.717, 1.165) is 12.1 Å². The third-order valence-electron chi connectivity index (χ3n) is 4.76. The van der Waals surface area contributed by atoms with Crippen LogP contribution in [0.4, 0.5) is 22.4 Å². The van der Waals surface area contributed by atoms with Crippen LogP contribution in [0.5, 0.6) is 0 Å². The highest BCUT2D eigenvalue weighted by molar-refractivity contribution is 5.68. The van der Waals surface area contributed by atoms with Crippen LogP contribution in [-0.4, -0.2) is 35.4 Å². The molecule has 1 heterocycles. The zero-order chi connectivity index (χ0) is 19.8. The van der Waals surface area contributed by atoms with E-state index in [1.54, 1.807) is 27.7 Å². The maximum absolute atomic E-state index is 15.4. The molecule has 1 fully saturated rings. The van der Waals surface area contributed by atoms with Gasteiger partial charge in [-0.05, 0) is 51.3 Å². The minimum absolute atomic E-state index is 0.119. The number of halogens is 4. The molecule has 146 valence electrons. The molecule has 1 aromatic carbocycles. The lowest BCUT2D eigenvalue weighted by atomic mass is 9.78. The summed E-state index contributed by atoms with van der Waals surface area (Å²) in [5.41, 5.74) is -2.42. The molecule has 0 aliphatic carbocycles. The summed E-state index contributed by atoms with van der Waals surface area (Å²) in [4.78, 5) is 13.5. The van der Waals surface area contributed by atoms with Gasteiger partial charge in [-0.2, -0.15) is 13.2 Å². The van der Waals surface area contributed by atoms with Gasteiger partial charge in [0.05, 0.1) is 5.56 Å². The second-order valence-electron chi connectivity index (χ2n) is 7.84. The summed E-state index contributed by atoms with van der Waals surface area (Å²) in [6.07, 6.45) is -4.64. The van der Waals surface area contributed by atoms with Crippen molar-refractivity contribution in [1.82, 2.24) is 4.90 Å². The lowest BCUT2D eigenvalue weighted by Crippen LogP contribution is -2.48. The summed E-state index contributed by atoms with van der Waals surface area (Å²) in [5.74, 6) is -0.564. The first-order valence-corrected chi connectivity index (χ1v) is 8.66. The number of hydrogen-bond acceptors (Lipinski definition) is 2. The summed E-state index contributed by atoms with van der Waals surface area (Å²) in [7, 11) is 0. The first-order chi connectivity index (χ1) is 11.8. The molecule has 1 aromatic rings. The number of piperidine rings is 1. The van der Waals surface area contributed by atoms with Crippen molar-refractivity contribution in [2.24, 2.45) is 0 Å². The van der Waals surface area contributed by atoms with Crippen LogP contribution in [0.2, 0.25) is 0 Å². The lowest BCUT2D eigenvalue weighted by molar-refractivity contribution is -0.137. The van der Waals surface area contributed by atoms with E-state index in [1.165, 1.54) is 17.0 Å². The van der Waals surface area contributed by atoms with Crippen LogP contribution in [0.25, 0.3) is 0 Å². The van der Waals surface area contributed by atoms with Gasteiger partial charge >= 0.3 is 12.3 Å². The van der Waals surface area contributed by atoms with Crippen molar-refractivity contribution >= 4 is 6.09 Å². The maximum Gasteiger partial charge on any atom is 0.416 e. The van der Waals surface area contributed by atoms with E-state index in [2.05, 4.69) is 0 Å². The number of carbonyl (C=O) groups excluding carboxylic acids is 1. The number of likely N-dealkylation sites (tertiary alicyclic amines) is 1. The van der Waals surface area contributed by atoms with Crippen molar-refractivity contribution in [2.45, 2.75) is 63.9 Å². The van der Waals surface area contributed by atoms with Gasteiger partial charge in [0.15, 0.2) is 0 Å². The molecule has 0 radical (unpaired) electrons. The molecule has 0 aromatic heterocycles. The van der Waals surface area contributed by atoms with E-state index in [-0.39, 0.29) is 25.9 Å². The summed E-state index contributed by atoms with van der Waals surface area (Å²) < 4.78 is 58.6. The molecule has 7 heteroatoms. The van der Waals surface area contributed by atoms with Crippen molar-refractivity contribution in [3.63, 3.8) is 0 Å². The van der Waals surface area contributed by atoms with Gasteiger partial charge in [0.1, 0.15) is 11.3 Å². The molecule has 1 saturated heterocycles. The Morgan fingerprint density at radius 2 is 1.62 bits per heavy atom. The van der Waals surface area contributed by atoms with E-state index in [0.29, 0.717) is 5.56 Å². The molecule has 26 heavy (non-hydrogen) atoms. The van der Waals surface area contributed by atoms with Gasteiger partial charge in [0.25, 0.3) is 0 Å². The van der Waals surface area contributed by atoms with Gasteiger partial charge < -0.3 is 9.64 Å². The van der Waals surface area contributed by atoms with Gasteiger partial charge in [-0.25, -0.2) is 9.18 Å². The average molecular weight is 375 g/mol. The largest absolute Gasteiger partial charge is 0.444 e. The average Bonchev–Trinajstić information content (AvgIpc) is 2.52. The fraction of sp³-hybridized carbons (Fsp3) is 0.632. The Morgan fingerprint density at radius 3 is 2.04 bits per heavy atom. The molecular weight excluding hydrogens is 350 g/mol. The Balaban J connectivity index is 2.02. The third-order valence-corrected chi connectivity index (χ3v) is 4.76. The molecule has 0 N–H and O–H groups in total. The number of amides is 1. The number of ether oxygens (including phenoxy) is 1. The van der Waals surface area contributed by atoms with Gasteiger partial charge in [-0.1, -0.05) is 19.1 Å². The topological polar surface area (TPSA) is 29.5 Å². The number of hydrogen-bond donors (Lipinski definition) is 0. The Kier molecular flexibility index (Phi) is 5.59. The van der Waals surface area contributed by atoms with Crippen molar-refractivity contribution in [3.05, 3.63) is 35.4 Å². The van der Waals surface area contributed by atoms with Crippen LogP contribution in [0.3, 0.4) is 0 Å². The molecule has 1 amide bonds. The molecule has 1 unspecified atom stereocenters. The Hall–Kier alpha value is -1.79. The molecule has 0 spiro atoms. The Labute approximate surface area is 151 Å². The second kappa shape index (κ2) is 7.08. The van der Waals surface area contributed by atoms with E-state index in [9.17, 15) is 18.0 Å².